The first-order valence-corrected chi connectivity index (χ1v) is 11.5. The molecule has 3 aromatic rings. The lowest BCUT2D eigenvalue weighted by Crippen LogP contribution is -2.42. The molecular formula is C30H20O6. The molecule has 3 aliphatic rings. The van der Waals surface area contributed by atoms with E-state index >= 15 is 0 Å². The summed E-state index contributed by atoms with van der Waals surface area (Å²) >= 11 is 0. The lowest BCUT2D eigenvalue weighted by molar-refractivity contribution is -0.132. The highest BCUT2D eigenvalue weighted by atomic mass is 16.6. The van der Waals surface area contributed by atoms with E-state index in [0.29, 0.717) is 44.7 Å². The normalized spacial score (nSPS) is 18.8. The van der Waals surface area contributed by atoms with E-state index in [2.05, 4.69) is 0 Å². The number of fused-ring (bicyclic) bond motifs is 4. The highest BCUT2D eigenvalue weighted by molar-refractivity contribution is 6.40. The number of esters is 1. The topological polar surface area (TPSA) is 86.7 Å². The van der Waals surface area contributed by atoms with E-state index in [1.165, 1.54) is 14.0 Å². The summed E-state index contributed by atoms with van der Waals surface area (Å²) in [7, 11) is 1.45. The summed E-state index contributed by atoms with van der Waals surface area (Å²) < 4.78 is 10.7. The van der Waals surface area contributed by atoms with E-state index in [0.717, 1.165) is 0 Å². The molecule has 0 N–H and O–H groups in total. The predicted octanol–water partition coefficient (Wildman–Crippen LogP) is 4.99. The molecule has 0 aromatic heterocycles. The molecule has 1 spiro atoms. The van der Waals surface area contributed by atoms with Crippen molar-refractivity contribution in [1.29, 1.82) is 0 Å². The fourth-order valence-corrected chi connectivity index (χ4v) is 5.77. The van der Waals surface area contributed by atoms with Gasteiger partial charge in [0.1, 0.15) is 5.41 Å². The molecule has 6 heteroatoms. The molecule has 36 heavy (non-hydrogen) atoms. The first kappa shape index (κ1) is 21.9. The van der Waals surface area contributed by atoms with Crippen LogP contribution < -0.4 is 9.47 Å². The molecule has 0 aliphatic heterocycles. The highest BCUT2D eigenvalue weighted by Gasteiger charge is 2.63. The summed E-state index contributed by atoms with van der Waals surface area (Å²) in [6.45, 7) is 1.29. The molecular weight excluding hydrogens is 456 g/mol. The van der Waals surface area contributed by atoms with Crippen molar-refractivity contribution in [3.8, 4) is 11.5 Å². The van der Waals surface area contributed by atoms with Crippen LogP contribution in [-0.2, 0) is 4.79 Å². The lowest BCUT2D eigenvalue weighted by Gasteiger charge is -2.38. The van der Waals surface area contributed by atoms with Crippen molar-refractivity contribution >= 4 is 28.9 Å². The van der Waals surface area contributed by atoms with Crippen molar-refractivity contribution in [2.75, 3.05) is 7.11 Å². The van der Waals surface area contributed by atoms with Crippen molar-refractivity contribution in [3.05, 3.63) is 112 Å². The van der Waals surface area contributed by atoms with Crippen molar-refractivity contribution in [1.82, 2.24) is 0 Å². The van der Waals surface area contributed by atoms with Crippen LogP contribution in [0.25, 0.3) is 5.57 Å². The zero-order valence-electron chi connectivity index (χ0n) is 19.5. The van der Waals surface area contributed by atoms with Crippen molar-refractivity contribution in [2.45, 2.75) is 12.8 Å². The smallest absolute Gasteiger partial charge is 0.308 e. The number of benzene rings is 3. The molecule has 0 saturated carbocycles. The number of hydrogen-bond acceptors (Lipinski definition) is 6. The van der Waals surface area contributed by atoms with Crippen molar-refractivity contribution in [3.63, 3.8) is 0 Å². The third kappa shape index (κ3) is 2.72. The molecule has 0 heterocycles. The third-order valence-corrected chi connectivity index (χ3v) is 7.20. The van der Waals surface area contributed by atoms with Gasteiger partial charge in [-0.05, 0) is 28.8 Å². The minimum absolute atomic E-state index is 0.200. The number of methoxy groups -OCH3 is 1. The maximum atomic E-state index is 14.3. The Labute approximate surface area is 206 Å². The van der Waals surface area contributed by atoms with Gasteiger partial charge in [0.15, 0.2) is 28.8 Å². The van der Waals surface area contributed by atoms with Gasteiger partial charge in [-0.3, -0.25) is 19.2 Å². The number of carbonyl (C=O) groups excluding carboxylic acids is 4. The largest absolute Gasteiger partial charge is 0.493 e. The van der Waals surface area contributed by atoms with Gasteiger partial charge in [-0.15, -0.1) is 0 Å². The Balaban J connectivity index is 1.63. The molecule has 1 atom stereocenters. The second kappa shape index (κ2) is 7.71. The molecule has 6 rings (SSSR count). The molecule has 0 amide bonds. The Morgan fingerprint density at radius 1 is 0.806 bits per heavy atom. The quantitative estimate of drug-likeness (QED) is 0.301. The minimum atomic E-state index is -1.65. The molecule has 6 nitrogen and oxygen atoms in total. The zero-order valence-corrected chi connectivity index (χ0v) is 19.5. The second-order valence-corrected chi connectivity index (χ2v) is 9.02. The van der Waals surface area contributed by atoms with Gasteiger partial charge < -0.3 is 9.47 Å². The van der Waals surface area contributed by atoms with Crippen LogP contribution >= 0.6 is 0 Å². The van der Waals surface area contributed by atoms with Crippen molar-refractivity contribution in [2.24, 2.45) is 5.41 Å². The number of carbonyl (C=O) groups is 4. The van der Waals surface area contributed by atoms with Gasteiger partial charge in [-0.2, -0.15) is 0 Å². The van der Waals surface area contributed by atoms with Gasteiger partial charge in [0.05, 0.1) is 7.11 Å². The molecule has 1 unspecified atom stereocenters. The standard InChI is InChI=1S/C30H20O6/c1-16(31)36-24-14-11-17(15-25(24)35-2)23-13-12-22-26(18-7-3-4-8-19(18)27(22)32)30(23)28(33)20-9-5-6-10-21(20)29(30)34/h3-15,23H,1-2H3. The van der Waals surface area contributed by atoms with Crippen LogP contribution in [0.3, 0.4) is 0 Å². The van der Waals surface area contributed by atoms with Crippen LogP contribution in [0.5, 0.6) is 11.5 Å². The third-order valence-electron chi connectivity index (χ3n) is 7.20. The van der Waals surface area contributed by atoms with E-state index in [4.69, 9.17) is 9.47 Å². The lowest BCUT2D eigenvalue weighted by atomic mass is 9.60. The second-order valence-electron chi connectivity index (χ2n) is 9.02. The van der Waals surface area contributed by atoms with E-state index in [1.807, 2.05) is 0 Å². The van der Waals surface area contributed by atoms with Gasteiger partial charge in [0.25, 0.3) is 0 Å². The van der Waals surface area contributed by atoms with Crippen LogP contribution in [0.4, 0.5) is 0 Å². The molecule has 3 aromatic carbocycles. The first-order chi connectivity index (χ1) is 17.4. The monoisotopic (exact) mass is 476 g/mol. The summed E-state index contributed by atoms with van der Waals surface area (Å²) in [5, 5.41) is 0. The minimum Gasteiger partial charge on any atom is -0.493 e. The Bertz CT molecular complexity index is 1550. The predicted molar refractivity (Wildman–Crippen MR) is 131 cm³/mol. The van der Waals surface area contributed by atoms with Crippen LogP contribution in [0.15, 0.2) is 84.5 Å². The Hall–Kier alpha value is -4.58. The Morgan fingerprint density at radius 2 is 1.42 bits per heavy atom. The van der Waals surface area contributed by atoms with Gasteiger partial charge >= 0.3 is 5.97 Å². The SMILES string of the molecule is COc1cc(C2C=CC3=C(c4ccccc4C3=O)C23C(=O)c2ccccc2C3=O)ccc1OC(C)=O. The van der Waals surface area contributed by atoms with E-state index in [-0.39, 0.29) is 23.1 Å². The molecule has 0 radical (unpaired) electrons. The Kier molecular flexibility index (Phi) is 4.70. The van der Waals surface area contributed by atoms with Gasteiger partial charge in [0, 0.05) is 35.1 Å². The van der Waals surface area contributed by atoms with Crippen LogP contribution in [0.2, 0.25) is 0 Å². The maximum absolute atomic E-state index is 14.3. The number of allylic oxidation sites excluding steroid dienone is 4. The fourth-order valence-electron chi connectivity index (χ4n) is 5.77. The maximum Gasteiger partial charge on any atom is 0.308 e. The molecule has 0 saturated heterocycles. The molecule has 0 bridgehead atoms. The van der Waals surface area contributed by atoms with Crippen molar-refractivity contribution < 1.29 is 28.7 Å². The van der Waals surface area contributed by atoms with Gasteiger partial charge in [0.2, 0.25) is 0 Å². The Morgan fingerprint density at radius 3 is 2.03 bits per heavy atom. The molecule has 176 valence electrons. The van der Waals surface area contributed by atoms with Gasteiger partial charge in [-0.1, -0.05) is 66.7 Å². The number of rotatable bonds is 3. The van der Waals surface area contributed by atoms with Crippen LogP contribution in [-0.4, -0.2) is 30.4 Å². The molecule has 0 fully saturated rings. The van der Waals surface area contributed by atoms with E-state index < -0.39 is 17.3 Å². The average molecular weight is 476 g/mol. The number of hydrogen-bond donors (Lipinski definition) is 0. The summed E-state index contributed by atoms with van der Waals surface area (Å²) in [6.07, 6.45) is 3.47. The number of Topliss-reactive ketones (excluding diaryl/α,β-unsaturated/α-hetero) is 3. The summed E-state index contributed by atoms with van der Waals surface area (Å²) in [5.74, 6) is -1.56. The van der Waals surface area contributed by atoms with E-state index in [1.54, 1.807) is 78.9 Å². The zero-order chi connectivity index (χ0) is 25.2. The fraction of sp³-hybridized carbons (Fsp3) is 0.133. The number of ketones is 3. The van der Waals surface area contributed by atoms with E-state index in [9.17, 15) is 19.2 Å². The highest BCUT2D eigenvalue weighted by Crippen LogP contribution is 2.61. The molecule has 3 aliphatic carbocycles. The summed E-state index contributed by atoms with van der Waals surface area (Å²) in [4.78, 5) is 53.5. The van der Waals surface area contributed by atoms with Gasteiger partial charge in [-0.25, -0.2) is 0 Å². The van der Waals surface area contributed by atoms with Crippen LogP contribution in [0, 0.1) is 5.41 Å². The summed E-state index contributed by atoms with van der Waals surface area (Å²) in [5.41, 5.74) is 1.55. The first-order valence-electron chi connectivity index (χ1n) is 11.5. The number of ether oxygens (including phenoxy) is 2. The average Bonchev–Trinajstić information content (AvgIpc) is 3.30. The van der Waals surface area contributed by atoms with Crippen LogP contribution in [0.1, 0.15) is 55.0 Å². The summed E-state index contributed by atoms with van der Waals surface area (Å²) in [6, 6.07) is 18.9.